The average Bonchev–Trinajstić information content (AvgIpc) is 2.89. The van der Waals surface area contributed by atoms with Crippen LogP contribution >= 0.6 is 11.8 Å². The van der Waals surface area contributed by atoms with Crippen molar-refractivity contribution >= 4 is 17.7 Å². The van der Waals surface area contributed by atoms with Crippen LogP contribution in [0.3, 0.4) is 0 Å². The van der Waals surface area contributed by atoms with Gasteiger partial charge in [-0.15, -0.1) is 6.42 Å². The summed E-state index contributed by atoms with van der Waals surface area (Å²) in [6.45, 7) is 0.219. The zero-order valence-electron chi connectivity index (χ0n) is 9.89. The summed E-state index contributed by atoms with van der Waals surface area (Å²) in [6, 6.07) is 3.41. The van der Waals surface area contributed by atoms with Crippen LogP contribution in [0.25, 0.3) is 0 Å². The van der Waals surface area contributed by atoms with Crippen molar-refractivity contribution in [2.45, 2.75) is 12.5 Å². The van der Waals surface area contributed by atoms with Gasteiger partial charge >= 0.3 is 0 Å². The third kappa shape index (κ3) is 3.41. The van der Waals surface area contributed by atoms with Crippen LogP contribution in [0, 0.1) is 12.3 Å². The van der Waals surface area contributed by atoms with Gasteiger partial charge in [0.2, 0.25) is 5.88 Å². The van der Waals surface area contributed by atoms with Crippen molar-refractivity contribution in [2.24, 2.45) is 0 Å². The molecule has 1 unspecified atom stereocenters. The molecule has 1 aromatic rings. The van der Waals surface area contributed by atoms with Crippen LogP contribution in [0.1, 0.15) is 16.8 Å². The SMILES string of the molecule is C#CCNC(=O)c1ccc(OC2CCSC2)nc1. The maximum Gasteiger partial charge on any atom is 0.253 e. The lowest BCUT2D eigenvalue weighted by molar-refractivity contribution is 0.0958. The number of rotatable bonds is 4. The molecule has 2 rings (SSSR count). The summed E-state index contributed by atoms with van der Waals surface area (Å²) in [5.41, 5.74) is 0.485. The van der Waals surface area contributed by atoms with E-state index in [-0.39, 0.29) is 18.6 Å². The lowest BCUT2D eigenvalue weighted by atomic mass is 10.2. The first-order chi connectivity index (χ1) is 8.79. The second-order valence-corrected chi connectivity index (χ2v) is 5.03. The minimum atomic E-state index is -0.219. The van der Waals surface area contributed by atoms with E-state index in [9.17, 15) is 4.79 Å². The molecule has 4 nitrogen and oxygen atoms in total. The Balaban J connectivity index is 1.92. The van der Waals surface area contributed by atoms with E-state index in [4.69, 9.17) is 11.2 Å². The van der Waals surface area contributed by atoms with E-state index in [0.29, 0.717) is 11.4 Å². The van der Waals surface area contributed by atoms with Gasteiger partial charge in [-0.3, -0.25) is 4.79 Å². The summed E-state index contributed by atoms with van der Waals surface area (Å²) < 4.78 is 5.70. The van der Waals surface area contributed by atoms with E-state index >= 15 is 0 Å². The third-order valence-corrected chi connectivity index (χ3v) is 3.66. The van der Waals surface area contributed by atoms with Crippen LogP contribution in [0.15, 0.2) is 18.3 Å². The van der Waals surface area contributed by atoms with Crippen LogP contribution in [0.5, 0.6) is 5.88 Å². The molecule has 1 amide bonds. The number of terminal acetylenes is 1. The van der Waals surface area contributed by atoms with Crippen LogP contribution in [-0.4, -0.2) is 35.0 Å². The Hall–Kier alpha value is -1.67. The zero-order valence-corrected chi connectivity index (χ0v) is 10.7. The number of nitrogens with zero attached hydrogens (tertiary/aromatic N) is 1. The average molecular weight is 262 g/mol. The van der Waals surface area contributed by atoms with Crippen molar-refractivity contribution in [3.63, 3.8) is 0 Å². The number of nitrogens with one attached hydrogen (secondary N) is 1. The summed E-state index contributed by atoms with van der Waals surface area (Å²) in [4.78, 5) is 15.7. The first-order valence-electron chi connectivity index (χ1n) is 5.71. The Labute approximate surface area is 111 Å². The molecule has 0 aromatic carbocycles. The number of carbonyl (C=O) groups excluding carboxylic acids is 1. The van der Waals surface area contributed by atoms with Crippen LogP contribution in [-0.2, 0) is 0 Å². The standard InChI is InChI=1S/C13H14N2O2S/c1-2-6-14-13(16)10-3-4-12(15-8-10)17-11-5-7-18-9-11/h1,3-4,8,11H,5-7,9H2,(H,14,16). The highest BCUT2D eigenvalue weighted by molar-refractivity contribution is 7.99. The monoisotopic (exact) mass is 262 g/mol. The fraction of sp³-hybridized carbons (Fsp3) is 0.385. The summed E-state index contributed by atoms with van der Waals surface area (Å²) in [6.07, 6.45) is 7.86. The summed E-state index contributed by atoms with van der Waals surface area (Å²) in [5.74, 6) is 4.84. The lowest BCUT2D eigenvalue weighted by Gasteiger charge is -2.11. The molecule has 1 aliphatic heterocycles. The van der Waals surface area contributed by atoms with Crippen molar-refractivity contribution in [3.8, 4) is 18.2 Å². The molecular weight excluding hydrogens is 248 g/mol. The molecular formula is C13H14N2O2S. The quantitative estimate of drug-likeness (QED) is 0.832. The Morgan fingerprint density at radius 2 is 2.56 bits per heavy atom. The molecule has 1 aliphatic rings. The van der Waals surface area contributed by atoms with E-state index in [1.54, 1.807) is 12.1 Å². The highest BCUT2D eigenvalue weighted by Crippen LogP contribution is 2.21. The fourth-order valence-corrected chi connectivity index (χ4v) is 2.69. The number of aromatic nitrogens is 1. The molecule has 0 spiro atoms. The van der Waals surface area contributed by atoms with Crippen LogP contribution in [0.2, 0.25) is 0 Å². The topological polar surface area (TPSA) is 51.2 Å². The molecule has 0 aliphatic carbocycles. The summed E-state index contributed by atoms with van der Waals surface area (Å²) >= 11 is 1.88. The predicted molar refractivity (Wildman–Crippen MR) is 71.8 cm³/mol. The second kappa shape index (κ2) is 6.31. The number of hydrogen-bond donors (Lipinski definition) is 1. The molecule has 1 saturated heterocycles. The number of hydrogen-bond acceptors (Lipinski definition) is 4. The van der Waals surface area contributed by atoms with Crippen LogP contribution in [0.4, 0.5) is 0 Å². The smallest absolute Gasteiger partial charge is 0.253 e. The molecule has 18 heavy (non-hydrogen) atoms. The van der Waals surface area contributed by atoms with E-state index in [1.165, 1.54) is 6.20 Å². The van der Waals surface area contributed by atoms with Crippen molar-refractivity contribution in [1.82, 2.24) is 10.3 Å². The van der Waals surface area contributed by atoms with Crippen molar-refractivity contribution in [2.75, 3.05) is 18.1 Å². The molecule has 2 heterocycles. The van der Waals surface area contributed by atoms with Gasteiger partial charge in [0.25, 0.3) is 5.91 Å². The number of ether oxygens (including phenoxy) is 1. The van der Waals surface area contributed by atoms with Crippen LogP contribution < -0.4 is 10.1 Å². The maximum atomic E-state index is 11.6. The normalized spacial score (nSPS) is 18.1. The Bertz CT molecular complexity index is 447. The van der Waals surface area contributed by atoms with E-state index < -0.39 is 0 Å². The summed E-state index contributed by atoms with van der Waals surface area (Å²) in [7, 11) is 0. The largest absolute Gasteiger partial charge is 0.473 e. The molecule has 1 N–H and O–H groups in total. The first kappa shape index (κ1) is 12.8. The van der Waals surface area contributed by atoms with Crippen molar-refractivity contribution in [3.05, 3.63) is 23.9 Å². The highest BCUT2D eigenvalue weighted by atomic mass is 32.2. The Kier molecular flexibility index (Phi) is 4.48. The minimum Gasteiger partial charge on any atom is -0.473 e. The molecule has 5 heteroatoms. The number of thioether (sulfide) groups is 1. The highest BCUT2D eigenvalue weighted by Gasteiger charge is 2.17. The fourth-order valence-electron chi connectivity index (χ4n) is 1.59. The van der Waals surface area contributed by atoms with Gasteiger partial charge in [0.05, 0.1) is 12.1 Å². The summed E-state index contributed by atoms with van der Waals surface area (Å²) in [5, 5.41) is 2.58. The molecule has 94 valence electrons. The van der Waals surface area contributed by atoms with Gasteiger partial charge in [0, 0.05) is 18.0 Å². The van der Waals surface area contributed by atoms with Gasteiger partial charge in [-0.1, -0.05) is 5.92 Å². The third-order valence-electron chi connectivity index (χ3n) is 2.52. The Morgan fingerprint density at radius 1 is 1.67 bits per heavy atom. The van der Waals surface area contributed by atoms with Gasteiger partial charge in [-0.2, -0.15) is 11.8 Å². The van der Waals surface area contributed by atoms with Crippen molar-refractivity contribution in [1.29, 1.82) is 0 Å². The number of amides is 1. The van der Waals surface area contributed by atoms with E-state index in [0.717, 1.165) is 17.9 Å². The maximum absolute atomic E-state index is 11.6. The van der Waals surface area contributed by atoms with Gasteiger partial charge in [0.1, 0.15) is 6.10 Å². The van der Waals surface area contributed by atoms with E-state index in [1.807, 2.05) is 11.8 Å². The Morgan fingerprint density at radius 3 is 3.17 bits per heavy atom. The van der Waals surface area contributed by atoms with Gasteiger partial charge in [-0.05, 0) is 18.2 Å². The van der Waals surface area contributed by atoms with Gasteiger partial charge < -0.3 is 10.1 Å². The number of pyridine rings is 1. The lowest BCUT2D eigenvalue weighted by Crippen LogP contribution is -2.23. The molecule has 0 bridgehead atoms. The molecule has 1 fully saturated rings. The van der Waals surface area contributed by atoms with Gasteiger partial charge in [-0.25, -0.2) is 4.98 Å². The van der Waals surface area contributed by atoms with Gasteiger partial charge in [0.15, 0.2) is 0 Å². The molecule has 1 aromatic heterocycles. The second-order valence-electron chi connectivity index (χ2n) is 3.88. The molecule has 1 atom stereocenters. The molecule has 0 radical (unpaired) electrons. The first-order valence-corrected chi connectivity index (χ1v) is 6.87. The zero-order chi connectivity index (χ0) is 12.8. The van der Waals surface area contributed by atoms with E-state index in [2.05, 4.69) is 16.2 Å². The predicted octanol–water partition coefficient (Wildman–Crippen LogP) is 1.33. The van der Waals surface area contributed by atoms with Crippen molar-refractivity contribution < 1.29 is 9.53 Å². The molecule has 0 saturated carbocycles. The number of carbonyl (C=O) groups is 1. The minimum absolute atomic E-state index is 0.219.